The minimum Gasteiger partial charge on any atom is -0.484 e. The van der Waals surface area contributed by atoms with Crippen LogP contribution in [0.25, 0.3) is 11.1 Å². The number of nitrogens with zero attached hydrogens (tertiary/aromatic N) is 1. The van der Waals surface area contributed by atoms with Crippen molar-refractivity contribution in [1.29, 1.82) is 0 Å². The Hall–Kier alpha value is -3.31. The summed E-state index contributed by atoms with van der Waals surface area (Å²) < 4.78 is 11.3. The highest BCUT2D eigenvalue weighted by Crippen LogP contribution is 2.22. The molecule has 4 aromatic rings. The average Bonchev–Trinajstić information content (AvgIpc) is 3.15. The molecule has 0 bridgehead atoms. The quantitative estimate of drug-likeness (QED) is 0.419. The van der Waals surface area contributed by atoms with E-state index in [0.29, 0.717) is 34.4 Å². The number of fused-ring (bicyclic) bond motifs is 1. The molecule has 0 radical (unpaired) electrons. The first kappa shape index (κ1) is 20.0. The zero-order valence-corrected chi connectivity index (χ0v) is 17.3. The molecule has 3 aromatic carbocycles. The fraction of sp³-hybridized carbons (Fsp3) is 0.167. The van der Waals surface area contributed by atoms with E-state index in [0.717, 1.165) is 17.5 Å². The molecule has 0 spiro atoms. The molecule has 0 fully saturated rings. The van der Waals surface area contributed by atoms with Crippen LogP contribution in [0, 0.1) is 0 Å². The van der Waals surface area contributed by atoms with Gasteiger partial charge in [0.2, 0.25) is 0 Å². The van der Waals surface area contributed by atoms with E-state index in [1.54, 1.807) is 12.1 Å². The fourth-order valence-corrected chi connectivity index (χ4v) is 3.24. The number of halogens is 1. The van der Waals surface area contributed by atoms with Crippen LogP contribution in [0.4, 0.5) is 5.69 Å². The molecule has 0 saturated heterocycles. The molecule has 30 heavy (non-hydrogen) atoms. The molecular formula is C24H21ClN2O3. The van der Waals surface area contributed by atoms with E-state index in [4.69, 9.17) is 20.8 Å². The number of oxazole rings is 1. The number of hydrogen-bond acceptors (Lipinski definition) is 4. The molecule has 5 nitrogen and oxygen atoms in total. The van der Waals surface area contributed by atoms with Crippen molar-refractivity contribution < 1.29 is 13.9 Å². The highest BCUT2D eigenvalue weighted by molar-refractivity contribution is 6.31. The van der Waals surface area contributed by atoms with Gasteiger partial charge in [-0.1, -0.05) is 42.8 Å². The monoisotopic (exact) mass is 420 g/mol. The number of carbonyl (C=O) groups excluding carboxylic acids is 1. The zero-order chi connectivity index (χ0) is 20.9. The first-order chi connectivity index (χ1) is 14.6. The SMILES string of the molecule is CCc1ccc(OCC(=O)Nc2ccc(Cc3nc4cc(Cl)ccc4o3)cc2)cc1. The molecular weight excluding hydrogens is 400 g/mol. The van der Waals surface area contributed by atoms with Gasteiger partial charge in [-0.3, -0.25) is 4.79 Å². The highest BCUT2D eigenvalue weighted by Gasteiger charge is 2.08. The summed E-state index contributed by atoms with van der Waals surface area (Å²) >= 11 is 5.99. The van der Waals surface area contributed by atoms with E-state index in [2.05, 4.69) is 17.2 Å². The van der Waals surface area contributed by atoms with Crippen LogP contribution < -0.4 is 10.1 Å². The number of benzene rings is 3. The molecule has 1 heterocycles. The summed E-state index contributed by atoms with van der Waals surface area (Å²) in [4.78, 5) is 16.6. The van der Waals surface area contributed by atoms with Crippen LogP contribution in [0.5, 0.6) is 5.75 Å². The average molecular weight is 421 g/mol. The van der Waals surface area contributed by atoms with E-state index < -0.39 is 0 Å². The maximum Gasteiger partial charge on any atom is 0.262 e. The molecule has 4 rings (SSSR count). The lowest BCUT2D eigenvalue weighted by molar-refractivity contribution is -0.118. The van der Waals surface area contributed by atoms with E-state index in [1.807, 2.05) is 54.6 Å². The van der Waals surface area contributed by atoms with Crippen LogP contribution in [-0.4, -0.2) is 17.5 Å². The number of nitrogens with one attached hydrogen (secondary N) is 1. The Bertz CT molecular complexity index is 1150. The number of aromatic nitrogens is 1. The zero-order valence-electron chi connectivity index (χ0n) is 16.5. The lowest BCUT2D eigenvalue weighted by atomic mass is 10.1. The topological polar surface area (TPSA) is 64.4 Å². The third kappa shape index (κ3) is 4.99. The number of anilines is 1. The summed E-state index contributed by atoms with van der Waals surface area (Å²) in [6.07, 6.45) is 1.52. The number of ether oxygens (including phenoxy) is 1. The molecule has 0 unspecified atom stereocenters. The van der Waals surface area contributed by atoms with Crippen molar-refractivity contribution in [3.8, 4) is 5.75 Å². The minimum atomic E-state index is -0.210. The van der Waals surface area contributed by atoms with Crippen LogP contribution in [-0.2, 0) is 17.6 Å². The van der Waals surface area contributed by atoms with Gasteiger partial charge in [-0.25, -0.2) is 4.98 Å². The number of amides is 1. The van der Waals surface area contributed by atoms with Gasteiger partial charge in [-0.05, 0) is 60.0 Å². The van der Waals surface area contributed by atoms with Crippen molar-refractivity contribution in [2.24, 2.45) is 0 Å². The number of rotatable bonds is 7. The molecule has 6 heteroatoms. The third-order valence-electron chi connectivity index (χ3n) is 4.69. The van der Waals surface area contributed by atoms with Gasteiger partial charge in [0.15, 0.2) is 18.1 Å². The first-order valence-corrected chi connectivity index (χ1v) is 10.1. The summed E-state index contributed by atoms with van der Waals surface area (Å²) in [6, 6.07) is 20.7. The van der Waals surface area contributed by atoms with Gasteiger partial charge in [0.25, 0.3) is 5.91 Å². The maximum absolute atomic E-state index is 12.1. The van der Waals surface area contributed by atoms with E-state index >= 15 is 0 Å². The van der Waals surface area contributed by atoms with Crippen molar-refractivity contribution in [3.63, 3.8) is 0 Å². The Morgan fingerprint density at radius 1 is 1.03 bits per heavy atom. The highest BCUT2D eigenvalue weighted by atomic mass is 35.5. The Morgan fingerprint density at radius 2 is 1.77 bits per heavy atom. The van der Waals surface area contributed by atoms with Gasteiger partial charge >= 0.3 is 0 Å². The van der Waals surface area contributed by atoms with E-state index in [1.165, 1.54) is 5.56 Å². The normalized spacial score (nSPS) is 10.9. The van der Waals surface area contributed by atoms with Crippen LogP contribution in [0.2, 0.25) is 5.02 Å². The molecule has 1 N–H and O–H groups in total. The van der Waals surface area contributed by atoms with Crippen LogP contribution in [0.15, 0.2) is 71.1 Å². The molecule has 0 saturated carbocycles. The third-order valence-corrected chi connectivity index (χ3v) is 4.92. The predicted octanol–water partition coefficient (Wildman–Crippen LogP) is 5.65. The molecule has 152 valence electrons. The van der Waals surface area contributed by atoms with Gasteiger partial charge in [-0.15, -0.1) is 0 Å². The molecule has 0 atom stereocenters. The van der Waals surface area contributed by atoms with Crippen LogP contribution in [0.3, 0.4) is 0 Å². The molecule has 1 amide bonds. The smallest absolute Gasteiger partial charge is 0.262 e. The maximum atomic E-state index is 12.1. The largest absolute Gasteiger partial charge is 0.484 e. The number of aryl methyl sites for hydroxylation is 1. The lowest BCUT2D eigenvalue weighted by Gasteiger charge is -2.08. The van der Waals surface area contributed by atoms with Gasteiger partial charge < -0.3 is 14.5 Å². The summed E-state index contributed by atoms with van der Waals surface area (Å²) in [6.45, 7) is 2.05. The lowest BCUT2D eigenvalue weighted by Crippen LogP contribution is -2.20. The molecule has 0 aliphatic carbocycles. The van der Waals surface area contributed by atoms with Crippen molar-refractivity contribution in [3.05, 3.63) is 88.8 Å². The Balaban J connectivity index is 1.31. The number of hydrogen-bond donors (Lipinski definition) is 1. The predicted molar refractivity (Wildman–Crippen MR) is 118 cm³/mol. The Labute approximate surface area is 179 Å². The molecule has 1 aromatic heterocycles. The van der Waals surface area contributed by atoms with E-state index in [9.17, 15) is 4.79 Å². The summed E-state index contributed by atoms with van der Waals surface area (Å²) in [5.41, 5.74) is 4.41. The molecule has 0 aliphatic heterocycles. The summed E-state index contributed by atoms with van der Waals surface area (Å²) in [7, 11) is 0. The van der Waals surface area contributed by atoms with Crippen molar-refractivity contribution in [1.82, 2.24) is 4.98 Å². The van der Waals surface area contributed by atoms with Gasteiger partial charge in [0.1, 0.15) is 11.3 Å². The van der Waals surface area contributed by atoms with Gasteiger partial charge in [0.05, 0.1) is 0 Å². The fourth-order valence-electron chi connectivity index (χ4n) is 3.07. The van der Waals surface area contributed by atoms with Crippen LogP contribution in [0.1, 0.15) is 23.9 Å². The summed E-state index contributed by atoms with van der Waals surface area (Å²) in [5, 5.41) is 3.46. The second kappa shape index (κ2) is 9.01. The first-order valence-electron chi connectivity index (χ1n) is 9.74. The van der Waals surface area contributed by atoms with Crippen LogP contribution >= 0.6 is 11.6 Å². The molecule has 0 aliphatic rings. The van der Waals surface area contributed by atoms with Crippen molar-refractivity contribution in [2.75, 3.05) is 11.9 Å². The Morgan fingerprint density at radius 3 is 2.50 bits per heavy atom. The van der Waals surface area contributed by atoms with Gasteiger partial charge in [-0.2, -0.15) is 0 Å². The van der Waals surface area contributed by atoms with Gasteiger partial charge in [0, 0.05) is 17.1 Å². The second-order valence-electron chi connectivity index (χ2n) is 6.93. The van der Waals surface area contributed by atoms with E-state index in [-0.39, 0.29) is 12.5 Å². The standard InChI is InChI=1S/C24H21ClN2O3/c1-2-16-5-10-20(11-6-16)29-15-23(28)26-19-8-3-17(4-9-19)13-24-27-21-14-18(25)7-12-22(21)30-24/h3-12,14H,2,13,15H2,1H3,(H,26,28). The van der Waals surface area contributed by atoms with Crippen molar-refractivity contribution >= 4 is 34.3 Å². The number of carbonyl (C=O) groups is 1. The second-order valence-corrected chi connectivity index (χ2v) is 7.36. The summed E-state index contributed by atoms with van der Waals surface area (Å²) in [5.74, 6) is 1.09. The Kier molecular flexibility index (Phi) is 6.00. The minimum absolute atomic E-state index is 0.0430. The van der Waals surface area contributed by atoms with Crippen molar-refractivity contribution in [2.45, 2.75) is 19.8 Å².